The van der Waals surface area contributed by atoms with E-state index in [0.29, 0.717) is 6.04 Å². The summed E-state index contributed by atoms with van der Waals surface area (Å²) in [7, 11) is 0. The maximum Gasteiger partial charge on any atom is 0.0738 e. The van der Waals surface area contributed by atoms with E-state index in [1.54, 1.807) is 0 Å². The van der Waals surface area contributed by atoms with Gasteiger partial charge in [0.25, 0.3) is 0 Å². The number of rotatable bonds is 4. The number of nitrogens with zero attached hydrogens (tertiary/aromatic N) is 4. The van der Waals surface area contributed by atoms with Crippen LogP contribution in [0.5, 0.6) is 0 Å². The number of hydrogen-bond donors (Lipinski definition) is 1. The van der Waals surface area contributed by atoms with Crippen molar-refractivity contribution in [2.45, 2.75) is 50.6 Å². The van der Waals surface area contributed by atoms with Crippen LogP contribution in [-0.4, -0.2) is 46.1 Å². The maximum atomic E-state index is 4.40. The number of nitrogens with one attached hydrogen (secondary N) is 1. The van der Waals surface area contributed by atoms with Crippen LogP contribution in [0.1, 0.15) is 49.9 Å². The molecule has 3 heterocycles. The van der Waals surface area contributed by atoms with Crippen molar-refractivity contribution in [1.82, 2.24) is 25.2 Å². The van der Waals surface area contributed by atoms with E-state index in [-0.39, 0.29) is 5.41 Å². The quantitative estimate of drug-likeness (QED) is 0.930. The first-order chi connectivity index (χ1) is 12.2. The van der Waals surface area contributed by atoms with Gasteiger partial charge in [0.1, 0.15) is 0 Å². The summed E-state index contributed by atoms with van der Waals surface area (Å²) in [6.45, 7) is 7.77. The van der Waals surface area contributed by atoms with E-state index in [0.717, 1.165) is 32.7 Å². The van der Waals surface area contributed by atoms with Gasteiger partial charge < -0.3 is 5.32 Å². The van der Waals surface area contributed by atoms with Gasteiger partial charge in [-0.2, -0.15) is 0 Å². The van der Waals surface area contributed by atoms with Crippen LogP contribution in [0.15, 0.2) is 36.5 Å². The third-order valence-corrected chi connectivity index (χ3v) is 5.90. The zero-order chi connectivity index (χ0) is 17.1. The van der Waals surface area contributed by atoms with E-state index in [1.165, 1.54) is 36.9 Å². The molecular formula is C20H29N5. The highest BCUT2D eigenvalue weighted by molar-refractivity contribution is 5.25. The highest BCUT2D eigenvalue weighted by Crippen LogP contribution is 2.34. The molecule has 2 aliphatic rings. The maximum absolute atomic E-state index is 4.40. The predicted octanol–water partition coefficient (Wildman–Crippen LogP) is 2.76. The Morgan fingerprint density at radius 1 is 1.24 bits per heavy atom. The molecule has 2 aromatic rings. The van der Waals surface area contributed by atoms with Gasteiger partial charge in [0, 0.05) is 25.0 Å². The van der Waals surface area contributed by atoms with Gasteiger partial charge in [-0.3, -0.25) is 4.90 Å². The summed E-state index contributed by atoms with van der Waals surface area (Å²) in [6, 6.07) is 11.4. The number of benzene rings is 1. The third kappa shape index (κ3) is 3.62. The lowest BCUT2D eigenvalue weighted by Gasteiger charge is -2.41. The number of aromatic nitrogens is 3. The van der Waals surface area contributed by atoms with Crippen molar-refractivity contribution < 1.29 is 0 Å². The Kier molecular flexibility index (Phi) is 4.86. The molecule has 2 unspecified atom stereocenters. The van der Waals surface area contributed by atoms with Crippen LogP contribution < -0.4 is 5.32 Å². The molecule has 0 aliphatic carbocycles. The van der Waals surface area contributed by atoms with E-state index >= 15 is 0 Å². The van der Waals surface area contributed by atoms with E-state index in [1.807, 2.05) is 6.20 Å². The number of likely N-dealkylation sites (tertiary alicyclic amines) is 1. The molecule has 0 amide bonds. The van der Waals surface area contributed by atoms with E-state index in [9.17, 15) is 0 Å². The molecule has 5 nitrogen and oxygen atoms in total. The SMILES string of the molecule is CC1(c2ccccc2)CCCN(Cc2cnnn2C2CCCNC2)C1. The van der Waals surface area contributed by atoms with Crippen LogP contribution in [0, 0.1) is 0 Å². The van der Waals surface area contributed by atoms with Crippen molar-refractivity contribution in [3.8, 4) is 0 Å². The van der Waals surface area contributed by atoms with Crippen molar-refractivity contribution in [3.05, 3.63) is 47.8 Å². The van der Waals surface area contributed by atoms with Gasteiger partial charge in [0.2, 0.25) is 0 Å². The van der Waals surface area contributed by atoms with E-state index in [4.69, 9.17) is 0 Å². The molecule has 2 atom stereocenters. The van der Waals surface area contributed by atoms with E-state index < -0.39 is 0 Å². The lowest BCUT2D eigenvalue weighted by Crippen LogP contribution is -2.44. The van der Waals surface area contributed by atoms with Gasteiger partial charge in [0.15, 0.2) is 0 Å². The first-order valence-corrected chi connectivity index (χ1v) is 9.62. The van der Waals surface area contributed by atoms with E-state index in [2.05, 4.69) is 62.5 Å². The molecule has 1 aromatic heterocycles. The fraction of sp³-hybridized carbons (Fsp3) is 0.600. The van der Waals surface area contributed by atoms with Crippen molar-refractivity contribution in [3.63, 3.8) is 0 Å². The fourth-order valence-electron chi connectivity index (χ4n) is 4.51. The summed E-state index contributed by atoms with van der Waals surface area (Å²) >= 11 is 0. The topological polar surface area (TPSA) is 46.0 Å². The lowest BCUT2D eigenvalue weighted by atomic mass is 9.76. The highest BCUT2D eigenvalue weighted by Gasteiger charge is 2.33. The van der Waals surface area contributed by atoms with Crippen LogP contribution in [0.3, 0.4) is 0 Å². The standard InChI is InChI=1S/C20H29N5/c1-20(17-7-3-2-4-8-17)10-6-12-24(16-20)15-19-14-22-23-25(19)18-9-5-11-21-13-18/h2-4,7-8,14,18,21H,5-6,9-13,15-16H2,1H3. The molecule has 2 saturated heterocycles. The average molecular weight is 339 g/mol. The minimum atomic E-state index is 0.240. The molecule has 134 valence electrons. The second kappa shape index (κ2) is 7.26. The molecule has 0 bridgehead atoms. The molecule has 2 aliphatic heterocycles. The Morgan fingerprint density at radius 2 is 2.12 bits per heavy atom. The monoisotopic (exact) mass is 339 g/mol. The van der Waals surface area contributed by atoms with Crippen LogP contribution in [0.4, 0.5) is 0 Å². The van der Waals surface area contributed by atoms with Gasteiger partial charge in [0.05, 0.1) is 17.9 Å². The summed E-state index contributed by atoms with van der Waals surface area (Å²) in [5.41, 5.74) is 2.96. The first kappa shape index (κ1) is 16.7. The third-order valence-electron chi connectivity index (χ3n) is 5.90. The van der Waals surface area contributed by atoms with Gasteiger partial charge in [-0.15, -0.1) is 5.10 Å². The average Bonchev–Trinajstić information content (AvgIpc) is 3.11. The summed E-state index contributed by atoms with van der Waals surface area (Å²) in [6.07, 6.45) is 6.89. The normalized spacial score (nSPS) is 28.1. The largest absolute Gasteiger partial charge is 0.315 e. The van der Waals surface area contributed by atoms with Crippen LogP contribution in [-0.2, 0) is 12.0 Å². The van der Waals surface area contributed by atoms with Gasteiger partial charge >= 0.3 is 0 Å². The molecule has 2 fully saturated rings. The molecule has 4 rings (SSSR count). The molecule has 5 heteroatoms. The van der Waals surface area contributed by atoms with Crippen LogP contribution >= 0.6 is 0 Å². The first-order valence-electron chi connectivity index (χ1n) is 9.62. The molecule has 0 saturated carbocycles. The fourth-order valence-corrected chi connectivity index (χ4v) is 4.51. The zero-order valence-electron chi connectivity index (χ0n) is 15.2. The van der Waals surface area contributed by atoms with Crippen molar-refractivity contribution >= 4 is 0 Å². The molecule has 25 heavy (non-hydrogen) atoms. The summed E-state index contributed by atoms with van der Waals surface area (Å²) in [4.78, 5) is 2.59. The Bertz CT molecular complexity index is 676. The Labute approximate surface area is 150 Å². The zero-order valence-corrected chi connectivity index (χ0v) is 15.2. The second-order valence-corrected chi connectivity index (χ2v) is 7.91. The van der Waals surface area contributed by atoms with Crippen molar-refractivity contribution in [2.24, 2.45) is 0 Å². The Hall–Kier alpha value is -1.72. The molecule has 0 radical (unpaired) electrons. The number of hydrogen-bond acceptors (Lipinski definition) is 4. The van der Waals surface area contributed by atoms with Crippen molar-refractivity contribution in [1.29, 1.82) is 0 Å². The Balaban J connectivity index is 1.47. The molecular weight excluding hydrogens is 310 g/mol. The minimum Gasteiger partial charge on any atom is -0.315 e. The highest BCUT2D eigenvalue weighted by atomic mass is 15.4. The van der Waals surface area contributed by atoms with Gasteiger partial charge in [-0.05, 0) is 44.3 Å². The van der Waals surface area contributed by atoms with Gasteiger partial charge in [-0.1, -0.05) is 42.5 Å². The smallest absolute Gasteiger partial charge is 0.0738 e. The number of piperidine rings is 2. The Morgan fingerprint density at radius 3 is 2.92 bits per heavy atom. The summed E-state index contributed by atoms with van der Waals surface area (Å²) < 4.78 is 2.17. The summed E-state index contributed by atoms with van der Waals surface area (Å²) in [5, 5.41) is 12.1. The van der Waals surface area contributed by atoms with Gasteiger partial charge in [-0.25, -0.2) is 4.68 Å². The second-order valence-electron chi connectivity index (χ2n) is 7.91. The van der Waals surface area contributed by atoms with Crippen LogP contribution in [0.2, 0.25) is 0 Å². The summed E-state index contributed by atoms with van der Waals surface area (Å²) in [5.74, 6) is 0. The van der Waals surface area contributed by atoms with Crippen molar-refractivity contribution in [2.75, 3.05) is 26.2 Å². The molecule has 1 aromatic carbocycles. The minimum absolute atomic E-state index is 0.240. The molecule has 0 spiro atoms. The lowest BCUT2D eigenvalue weighted by molar-refractivity contribution is 0.144. The molecule has 1 N–H and O–H groups in total. The predicted molar refractivity (Wildman–Crippen MR) is 99.5 cm³/mol. The van der Waals surface area contributed by atoms with Crippen LogP contribution in [0.25, 0.3) is 0 Å².